The third-order valence-electron chi connectivity index (χ3n) is 5.29. The van der Waals surface area contributed by atoms with Gasteiger partial charge in [-0.1, -0.05) is 36.6 Å². The zero-order chi connectivity index (χ0) is 19.5. The lowest BCUT2D eigenvalue weighted by Crippen LogP contribution is -2.45. The van der Waals surface area contributed by atoms with Gasteiger partial charge >= 0.3 is 0 Å². The lowest BCUT2D eigenvalue weighted by molar-refractivity contribution is 0.0713. The number of aliphatic hydroxyl groups is 1. The molecule has 2 aliphatic rings. The lowest BCUT2D eigenvalue weighted by Gasteiger charge is -2.28. The molecule has 0 radical (unpaired) electrons. The molecular formula is C21H24ClN3O3. The molecule has 2 N–H and O–H groups in total. The third-order valence-corrected chi connectivity index (χ3v) is 5.54. The number of benzene rings is 1. The van der Waals surface area contributed by atoms with E-state index in [-0.39, 0.29) is 17.6 Å². The van der Waals surface area contributed by atoms with Crippen LogP contribution >= 0.6 is 11.6 Å². The van der Waals surface area contributed by atoms with E-state index in [9.17, 15) is 9.90 Å². The molecule has 7 heteroatoms. The average Bonchev–Trinajstić information content (AvgIpc) is 3.53. The molecule has 1 heterocycles. The van der Waals surface area contributed by atoms with E-state index < -0.39 is 6.10 Å². The number of rotatable bonds is 6. The Bertz CT molecular complexity index is 839. The Balaban J connectivity index is 1.57. The van der Waals surface area contributed by atoms with E-state index in [1.165, 1.54) is 19.0 Å². The van der Waals surface area contributed by atoms with Gasteiger partial charge in [-0.25, -0.2) is 9.97 Å². The maximum Gasteiger partial charge on any atom is 0.271 e. The Labute approximate surface area is 169 Å². The van der Waals surface area contributed by atoms with E-state index in [1.807, 2.05) is 12.1 Å². The van der Waals surface area contributed by atoms with Gasteiger partial charge in [0.1, 0.15) is 11.4 Å². The summed E-state index contributed by atoms with van der Waals surface area (Å²) in [5, 5.41) is 13.6. The zero-order valence-corrected chi connectivity index (χ0v) is 16.4. The average molecular weight is 402 g/mol. The van der Waals surface area contributed by atoms with Gasteiger partial charge in [0.2, 0.25) is 5.88 Å². The van der Waals surface area contributed by atoms with Crippen molar-refractivity contribution in [1.82, 2.24) is 15.3 Å². The van der Waals surface area contributed by atoms with Gasteiger partial charge in [-0.15, -0.1) is 0 Å². The number of carbonyl (C=O) groups excluding carboxylic acids is 1. The van der Waals surface area contributed by atoms with E-state index in [0.29, 0.717) is 35.5 Å². The molecule has 2 atom stereocenters. The minimum Gasteiger partial charge on any atom is -0.476 e. The van der Waals surface area contributed by atoms with Gasteiger partial charge in [0.15, 0.2) is 0 Å². The van der Waals surface area contributed by atoms with Gasteiger partial charge in [-0.05, 0) is 43.7 Å². The van der Waals surface area contributed by atoms with E-state index >= 15 is 0 Å². The Kier molecular flexibility index (Phi) is 5.78. The van der Waals surface area contributed by atoms with Crippen LogP contribution in [0.15, 0.2) is 30.5 Å². The number of aromatic nitrogens is 2. The maximum absolute atomic E-state index is 12.7. The molecule has 6 nitrogen and oxygen atoms in total. The number of hydrogen-bond acceptors (Lipinski definition) is 5. The molecular weight excluding hydrogens is 378 g/mol. The molecule has 0 unspecified atom stereocenters. The number of nitrogens with zero attached hydrogens (tertiary/aromatic N) is 2. The molecule has 148 valence electrons. The van der Waals surface area contributed by atoms with Crippen molar-refractivity contribution in [3.05, 3.63) is 41.2 Å². The van der Waals surface area contributed by atoms with Gasteiger partial charge < -0.3 is 15.2 Å². The monoisotopic (exact) mass is 401 g/mol. The van der Waals surface area contributed by atoms with Gasteiger partial charge in [-0.2, -0.15) is 0 Å². The molecule has 0 aliphatic heterocycles. The van der Waals surface area contributed by atoms with Crippen molar-refractivity contribution in [3.8, 4) is 17.1 Å². The summed E-state index contributed by atoms with van der Waals surface area (Å²) in [5.74, 6) is 0.668. The van der Waals surface area contributed by atoms with E-state index in [0.717, 1.165) is 24.8 Å². The third kappa shape index (κ3) is 4.62. The molecule has 1 amide bonds. The summed E-state index contributed by atoms with van der Waals surface area (Å²) in [4.78, 5) is 21.6. The molecule has 0 bridgehead atoms. The Morgan fingerprint density at radius 3 is 2.64 bits per heavy atom. The first-order valence-corrected chi connectivity index (χ1v) is 10.2. The van der Waals surface area contributed by atoms with Crippen molar-refractivity contribution in [2.45, 2.75) is 50.7 Å². The quantitative estimate of drug-likeness (QED) is 0.772. The first-order valence-electron chi connectivity index (χ1n) is 9.85. The van der Waals surface area contributed by atoms with Crippen molar-refractivity contribution in [1.29, 1.82) is 0 Å². The van der Waals surface area contributed by atoms with Crippen LogP contribution in [0, 0.1) is 5.92 Å². The highest BCUT2D eigenvalue weighted by Crippen LogP contribution is 2.32. The van der Waals surface area contributed by atoms with Crippen molar-refractivity contribution >= 4 is 17.5 Å². The Morgan fingerprint density at radius 1 is 1.18 bits per heavy atom. The zero-order valence-electron chi connectivity index (χ0n) is 15.6. The lowest BCUT2D eigenvalue weighted by atomic mass is 9.92. The van der Waals surface area contributed by atoms with Crippen molar-refractivity contribution in [2.75, 3.05) is 6.61 Å². The molecule has 2 fully saturated rings. The summed E-state index contributed by atoms with van der Waals surface area (Å²) in [6.07, 6.45) is 6.74. The van der Waals surface area contributed by atoms with E-state index in [4.69, 9.17) is 16.3 Å². The molecule has 28 heavy (non-hydrogen) atoms. The number of aliphatic hydroxyl groups excluding tert-OH is 1. The second-order valence-electron chi connectivity index (χ2n) is 7.60. The summed E-state index contributed by atoms with van der Waals surface area (Å²) in [6.45, 7) is 0.606. The van der Waals surface area contributed by atoms with Crippen LogP contribution in [0.25, 0.3) is 11.3 Å². The van der Waals surface area contributed by atoms with Crippen LogP contribution in [0.1, 0.15) is 49.0 Å². The normalized spacial score (nSPS) is 21.9. The number of hydrogen-bond donors (Lipinski definition) is 2. The highest BCUT2D eigenvalue weighted by molar-refractivity contribution is 6.30. The fourth-order valence-corrected chi connectivity index (χ4v) is 3.52. The summed E-state index contributed by atoms with van der Waals surface area (Å²) in [6, 6.07) is 6.97. The predicted molar refractivity (Wildman–Crippen MR) is 106 cm³/mol. The summed E-state index contributed by atoms with van der Waals surface area (Å²) in [5.41, 5.74) is 1.52. The van der Waals surface area contributed by atoms with Gasteiger partial charge in [-0.3, -0.25) is 4.79 Å². The SMILES string of the molecule is O=C(N[C@@H]1CCCC[C@H]1O)c1cnc(OCC2CC2)c(-c2ccc(Cl)cc2)n1. The van der Waals surface area contributed by atoms with E-state index in [1.54, 1.807) is 12.1 Å². The van der Waals surface area contributed by atoms with E-state index in [2.05, 4.69) is 15.3 Å². The topological polar surface area (TPSA) is 84.3 Å². The van der Waals surface area contributed by atoms with Crippen LogP contribution in [0.5, 0.6) is 5.88 Å². The Morgan fingerprint density at radius 2 is 1.93 bits per heavy atom. The smallest absolute Gasteiger partial charge is 0.271 e. The molecule has 2 saturated carbocycles. The standard InChI is InChI=1S/C21H24ClN3O3/c22-15-9-7-14(8-10-15)19-21(28-12-13-5-6-13)23-11-17(24-19)20(27)25-16-3-1-2-4-18(16)26/h7-11,13,16,18,26H,1-6,12H2,(H,25,27)/t16-,18-/m1/s1. The van der Waals surface area contributed by atoms with Gasteiger partial charge in [0.25, 0.3) is 5.91 Å². The minimum absolute atomic E-state index is 0.210. The van der Waals surface area contributed by atoms with Crippen molar-refractivity contribution in [3.63, 3.8) is 0 Å². The largest absolute Gasteiger partial charge is 0.476 e. The Hall–Kier alpha value is -2.18. The molecule has 1 aromatic carbocycles. The number of carbonyl (C=O) groups is 1. The minimum atomic E-state index is -0.512. The summed E-state index contributed by atoms with van der Waals surface area (Å²) in [7, 11) is 0. The van der Waals surface area contributed by atoms with Crippen molar-refractivity contribution < 1.29 is 14.6 Å². The van der Waals surface area contributed by atoms with Crippen LogP contribution < -0.4 is 10.1 Å². The number of halogens is 1. The number of ether oxygens (including phenoxy) is 1. The second-order valence-corrected chi connectivity index (χ2v) is 8.04. The van der Waals surface area contributed by atoms with Crippen LogP contribution in [0.4, 0.5) is 0 Å². The van der Waals surface area contributed by atoms with Crippen LogP contribution in [0.3, 0.4) is 0 Å². The molecule has 1 aromatic heterocycles. The van der Waals surface area contributed by atoms with Crippen molar-refractivity contribution in [2.24, 2.45) is 5.92 Å². The number of amides is 1. The van der Waals surface area contributed by atoms with Crippen LogP contribution in [-0.4, -0.2) is 39.7 Å². The first-order chi connectivity index (χ1) is 13.6. The van der Waals surface area contributed by atoms with Crippen LogP contribution in [0.2, 0.25) is 5.02 Å². The van der Waals surface area contributed by atoms with Gasteiger partial charge in [0, 0.05) is 10.6 Å². The molecule has 0 saturated heterocycles. The fourth-order valence-electron chi connectivity index (χ4n) is 3.39. The predicted octanol–water partition coefficient (Wildman–Crippen LogP) is 3.62. The fraction of sp³-hybridized carbons (Fsp3) is 0.476. The molecule has 2 aliphatic carbocycles. The van der Waals surface area contributed by atoms with Crippen LogP contribution in [-0.2, 0) is 0 Å². The highest BCUT2D eigenvalue weighted by atomic mass is 35.5. The molecule has 2 aromatic rings. The molecule has 4 rings (SSSR count). The molecule has 0 spiro atoms. The second kappa shape index (κ2) is 8.45. The summed E-state index contributed by atoms with van der Waals surface area (Å²) < 4.78 is 5.87. The summed E-state index contributed by atoms with van der Waals surface area (Å²) >= 11 is 6.00. The number of nitrogens with one attached hydrogen (secondary N) is 1. The first kappa shape index (κ1) is 19.2. The van der Waals surface area contributed by atoms with Gasteiger partial charge in [0.05, 0.1) is 24.9 Å². The maximum atomic E-state index is 12.7. The highest BCUT2D eigenvalue weighted by Gasteiger charge is 2.27.